The second-order valence-corrected chi connectivity index (χ2v) is 6.84. The van der Waals surface area contributed by atoms with Crippen molar-refractivity contribution in [3.05, 3.63) is 66.2 Å². The van der Waals surface area contributed by atoms with E-state index in [1.54, 1.807) is 0 Å². The summed E-state index contributed by atoms with van der Waals surface area (Å²) < 4.78 is 0. The van der Waals surface area contributed by atoms with Gasteiger partial charge in [0.05, 0.1) is 0 Å². The van der Waals surface area contributed by atoms with E-state index in [0.717, 1.165) is 12.5 Å². The molecule has 1 nitrogen and oxygen atoms in total. The molecule has 1 unspecified atom stereocenters. The van der Waals surface area contributed by atoms with Crippen molar-refractivity contribution in [3.63, 3.8) is 0 Å². The van der Waals surface area contributed by atoms with Crippen LogP contribution in [0.15, 0.2) is 60.7 Å². The molecular weight excluding hydrogens is 290 g/mol. The smallest absolute Gasteiger partial charge is 0.0340 e. The lowest BCUT2D eigenvalue weighted by atomic mass is 9.94. The first-order chi connectivity index (χ1) is 11.9. The predicted molar refractivity (Wildman–Crippen MR) is 107 cm³/mol. The van der Waals surface area contributed by atoms with Crippen molar-refractivity contribution in [2.24, 2.45) is 5.92 Å². The van der Waals surface area contributed by atoms with E-state index in [1.165, 1.54) is 62.6 Å². The van der Waals surface area contributed by atoms with Gasteiger partial charge < -0.3 is 5.32 Å². The van der Waals surface area contributed by atoms with Crippen LogP contribution in [0.5, 0.6) is 0 Å². The van der Waals surface area contributed by atoms with Crippen LogP contribution in [0, 0.1) is 5.92 Å². The van der Waals surface area contributed by atoms with Gasteiger partial charge in [-0.25, -0.2) is 0 Å². The Kier molecular flexibility index (Phi) is 9.08. The largest absolute Gasteiger partial charge is 0.385 e. The molecular formula is C23H33N. The van der Waals surface area contributed by atoms with Gasteiger partial charge in [-0.1, -0.05) is 81.1 Å². The van der Waals surface area contributed by atoms with Crippen molar-refractivity contribution < 1.29 is 0 Å². The van der Waals surface area contributed by atoms with Gasteiger partial charge in [0.2, 0.25) is 0 Å². The molecule has 1 N–H and O–H groups in total. The number of unbranched alkanes of at least 4 members (excludes halogenated alkanes) is 3. The highest BCUT2D eigenvalue weighted by atomic mass is 14.9. The number of rotatable bonds is 12. The first-order valence-corrected chi connectivity index (χ1v) is 9.71. The van der Waals surface area contributed by atoms with Crippen LogP contribution >= 0.6 is 0 Å². The molecule has 0 fully saturated rings. The second-order valence-electron chi connectivity index (χ2n) is 6.84. The Morgan fingerprint density at radius 3 is 2.12 bits per heavy atom. The van der Waals surface area contributed by atoms with E-state index < -0.39 is 0 Å². The third-order valence-corrected chi connectivity index (χ3v) is 4.76. The molecule has 0 saturated heterocycles. The summed E-state index contributed by atoms with van der Waals surface area (Å²) in [4.78, 5) is 0. The van der Waals surface area contributed by atoms with Gasteiger partial charge in [0.15, 0.2) is 0 Å². The van der Waals surface area contributed by atoms with E-state index >= 15 is 0 Å². The van der Waals surface area contributed by atoms with Crippen LogP contribution in [0.4, 0.5) is 5.69 Å². The molecule has 2 aromatic rings. The second kappa shape index (κ2) is 11.7. The summed E-state index contributed by atoms with van der Waals surface area (Å²) in [6, 6.07) is 21.5. The van der Waals surface area contributed by atoms with Crippen LogP contribution < -0.4 is 5.32 Å². The Labute approximate surface area is 148 Å². The standard InChI is InChI=1S/C23H33N/c1-2-3-13-22(20-24-23-18-11-6-12-19-23)17-10-5-9-16-21-14-7-4-8-15-21/h4,6-8,11-12,14-15,18-19,22,24H,2-3,5,9-10,13,16-17,20H2,1H3. The fourth-order valence-electron chi connectivity index (χ4n) is 3.24. The summed E-state index contributed by atoms with van der Waals surface area (Å²) >= 11 is 0. The topological polar surface area (TPSA) is 12.0 Å². The molecule has 0 spiro atoms. The normalized spacial score (nSPS) is 12.0. The zero-order chi connectivity index (χ0) is 16.9. The van der Waals surface area contributed by atoms with Gasteiger partial charge in [-0.3, -0.25) is 0 Å². The maximum atomic E-state index is 3.62. The van der Waals surface area contributed by atoms with E-state index in [9.17, 15) is 0 Å². The molecule has 0 aliphatic heterocycles. The monoisotopic (exact) mass is 323 g/mol. The lowest BCUT2D eigenvalue weighted by Crippen LogP contribution is -2.14. The molecule has 0 aliphatic carbocycles. The number of hydrogen-bond donors (Lipinski definition) is 1. The minimum atomic E-state index is 0.807. The minimum Gasteiger partial charge on any atom is -0.385 e. The van der Waals surface area contributed by atoms with Gasteiger partial charge in [0.1, 0.15) is 0 Å². The molecule has 1 heteroatoms. The molecule has 0 saturated carbocycles. The number of para-hydroxylation sites is 1. The van der Waals surface area contributed by atoms with Crippen LogP contribution in [0.25, 0.3) is 0 Å². The molecule has 24 heavy (non-hydrogen) atoms. The highest BCUT2D eigenvalue weighted by Gasteiger charge is 2.08. The highest BCUT2D eigenvalue weighted by molar-refractivity contribution is 5.42. The van der Waals surface area contributed by atoms with Crippen molar-refractivity contribution in [1.82, 2.24) is 0 Å². The minimum absolute atomic E-state index is 0.807. The Morgan fingerprint density at radius 2 is 1.42 bits per heavy atom. The van der Waals surface area contributed by atoms with Gasteiger partial charge in [-0.2, -0.15) is 0 Å². The number of nitrogens with one attached hydrogen (secondary N) is 1. The van der Waals surface area contributed by atoms with Crippen molar-refractivity contribution >= 4 is 5.69 Å². The Morgan fingerprint density at radius 1 is 0.750 bits per heavy atom. The lowest BCUT2D eigenvalue weighted by molar-refractivity contribution is 0.430. The van der Waals surface area contributed by atoms with Crippen LogP contribution in [0.1, 0.15) is 57.4 Å². The molecule has 0 amide bonds. The summed E-state index contributed by atoms with van der Waals surface area (Å²) in [5, 5.41) is 3.62. The van der Waals surface area contributed by atoms with Crippen LogP contribution in [0.2, 0.25) is 0 Å². The molecule has 0 aliphatic rings. The third kappa shape index (κ3) is 7.68. The summed E-state index contributed by atoms with van der Waals surface area (Å²) in [5.74, 6) is 0.807. The average molecular weight is 324 g/mol. The zero-order valence-electron chi connectivity index (χ0n) is 15.2. The molecule has 2 aromatic carbocycles. The third-order valence-electron chi connectivity index (χ3n) is 4.76. The van der Waals surface area contributed by atoms with E-state index in [2.05, 4.69) is 72.9 Å². The van der Waals surface area contributed by atoms with E-state index in [0.29, 0.717) is 0 Å². The summed E-state index contributed by atoms with van der Waals surface area (Å²) in [5.41, 5.74) is 2.73. The van der Waals surface area contributed by atoms with Crippen LogP contribution in [-0.2, 0) is 6.42 Å². The fraction of sp³-hybridized carbons (Fsp3) is 0.478. The number of anilines is 1. The Bertz CT molecular complexity index is 520. The van der Waals surface area contributed by atoms with E-state index in [4.69, 9.17) is 0 Å². The van der Waals surface area contributed by atoms with Crippen molar-refractivity contribution in [1.29, 1.82) is 0 Å². The molecule has 130 valence electrons. The first kappa shape index (κ1) is 18.6. The molecule has 0 heterocycles. The maximum Gasteiger partial charge on any atom is 0.0340 e. The first-order valence-electron chi connectivity index (χ1n) is 9.71. The van der Waals surface area contributed by atoms with E-state index in [1.807, 2.05) is 0 Å². The molecule has 2 rings (SSSR count). The number of aryl methyl sites for hydroxylation is 1. The maximum absolute atomic E-state index is 3.62. The zero-order valence-corrected chi connectivity index (χ0v) is 15.2. The number of hydrogen-bond acceptors (Lipinski definition) is 1. The predicted octanol–water partition coefficient (Wildman–Crippen LogP) is 6.71. The van der Waals surface area contributed by atoms with Gasteiger partial charge in [-0.15, -0.1) is 0 Å². The van der Waals surface area contributed by atoms with Crippen molar-refractivity contribution in [2.75, 3.05) is 11.9 Å². The van der Waals surface area contributed by atoms with Gasteiger partial charge in [0, 0.05) is 12.2 Å². The molecule has 0 aromatic heterocycles. The fourth-order valence-corrected chi connectivity index (χ4v) is 3.24. The van der Waals surface area contributed by atoms with Gasteiger partial charge >= 0.3 is 0 Å². The van der Waals surface area contributed by atoms with Gasteiger partial charge in [-0.05, 0) is 49.3 Å². The summed E-state index contributed by atoms with van der Waals surface area (Å²) in [6.07, 6.45) is 10.6. The quantitative estimate of drug-likeness (QED) is 0.428. The molecule has 1 atom stereocenters. The Hall–Kier alpha value is -1.76. The van der Waals surface area contributed by atoms with Crippen molar-refractivity contribution in [3.8, 4) is 0 Å². The highest BCUT2D eigenvalue weighted by Crippen LogP contribution is 2.19. The average Bonchev–Trinajstić information content (AvgIpc) is 2.64. The van der Waals surface area contributed by atoms with Crippen molar-refractivity contribution in [2.45, 2.75) is 58.3 Å². The van der Waals surface area contributed by atoms with E-state index in [-0.39, 0.29) is 0 Å². The molecule has 0 bridgehead atoms. The SMILES string of the molecule is CCCCC(CCCCCc1ccccc1)CNc1ccccc1. The lowest BCUT2D eigenvalue weighted by Gasteiger charge is -2.18. The molecule has 0 radical (unpaired) electrons. The summed E-state index contributed by atoms with van der Waals surface area (Å²) in [6.45, 7) is 3.41. The van der Waals surface area contributed by atoms with Crippen LogP contribution in [0.3, 0.4) is 0 Å². The van der Waals surface area contributed by atoms with Gasteiger partial charge in [0.25, 0.3) is 0 Å². The number of benzene rings is 2. The van der Waals surface area contributed by atoms with Crippen LogP contribution in [-0.4, -0.2) is 6.54 Å². The Balaban J connectivity index is 1.64. The summed E-state index contributed by atoms with van der Waals surface area (Å²) in [7, 11) is 0.